The maximum Gasteiger partial charge on any atom is 0.251 e. The average Bonchev–Trinajstić information content (AvgIpc) is 2.45. The summed E-state index contributed by atoms with van der Waals surface area (Å²) in [5.74, 6) is 0.479. The highest BCUT2D eigenvalue weighted by atomic mass is 16.5. The van der Waals surface area contributed by atoms with Crippen LogP contribution < -0.4 is 15.8 Å². The predicted octanol–water partition coefficient (Wildman–Crippen LogP) is 2.21. The molecule has 0 saturated heterocycles. The Balaban J connectivity index is 2.38. The molecule has 3 N–H and O–H groups in total. The Morgan fingerprint density at radius 2 is 2.10 bits per heavy atom. The molecule has 1 amide bonds. The zero-order valence-electron chi connectivity index (χ0n) is 12.3. The van der Waals surface area contributed by atoms with Gasteiger partial charge in [-0.2, -0.15) is 0 Å². The second-order valence-corrected chi connectivity index (χ2v) is 4.41. The van der Waals surface area contributed by atoms with Crippen LogP contribution in [0.1, 0.15) is 37.0 Å². The third-order valence-corrected chi connectivity index (χ3v) is 2.67. The number of carbonyl (C=O) groups is 1. The highest BCUT2D eigenvalue weighted by molar-refractivity contribution is 5.95. The van der Waals surface area contributed by atoms with Crippen LogP contribution in [0.2, 0.25) is 0 Å². The molecule has 0 saturated carbocycles. The summed E-state index contributed by atoms with van der Waals surface area (Å²) >= 11 is 0. The molecule has 0 aliphatic rings. The van der Waals surface area contributed by atoms with Gasteiger partial charge in [0.25, 0.3) is 5.91 Å². The molecule has 0 heterocycles. The van der Waals surface area contributed by atoms with E-state index in [0.29, 0.717) is 36.8 Å². The quantitative estimate of drug-likeness (QED) is 0.537. The minimum absolute atomic E-state index is 0.129. The number of nitrogen functional groups attached to an aromatic ring is 1. The van der Waals surface area contributed by atoms with Crippen molar-refractivity contribution in [3.05, 3.63) is 23.8 Å². The first kappa shape index (κ1) is 16.3. The van der Waals surface area contributed by atoms with E-state index in [1.165, 1.54) is 0 Å². The first-order valence-electron chi connectivity index (χ1n) is 7.07. The fraction of sp³-hybridized carbons (Fsp3) is 0.533. The van der Waals surface area contributed by atoms with Crippen LogP contribution in [0.15, 0.2) is 18.2 Å². The molecule has 0 aromatic heterocycles. The van der Waals surface area contributed by atoms with Crippen LogP contribution >= 0.6 is 0 Å². The zero-order valence-corrected chi connectivity index (χ0v) is 12.3. The molecule has 5 nitrogen and oxygen atoms in total. The average molecular weight is 280 g/mol. The Bertz CT molecular complexity index is 422. The van der Waals surface area contributed by atoms with Gasteiger partial charge in [0.1, 0.15) is 5.75 Å². The van der Waals surface area contributed by atoms with Crippen molar-refractivity contribution in [1.29, 1.82) is 0 Å². The van der Waals surface area contributed by atoms with Crippen LogP contribution in [0.4, 0.5) is 5.69 Å². The van der Waals surface area contributed by atoms with Gasteiger partial charge in [0.15, 0.2) is 0 Å². The largest absolute Gasteiger partial charge is 0.492 e. The number of anilines is 1. The number of hydrogen-bond donors (Lipinski definition) is 2. The first-order valence-corrected chi connectivity index (χ1v) is 7.07. The monoisotopic (exact) mass is 280 g/mol. The summed E-state index contributed by atoms with van der Waals surface area (Å²) < 4.78 is 10.7. The van der Waals surface area contributed by atoms with Crippen molar-refractivity contribution >= 4 is 11.6 Å². The van der Waals surface area contributed by atoms with Crippen LogP contribution in [-0.2, 0) is 4.74 Å². The first-order chi connectivity index (χ1) is 9.69. The van der Waals surface area contributed by atoms with Gasteiger partial charge in [-0.15, -0.1) is 0 Å². The van der Waals surface area contributed by atoms with Crippen LogP contribution in [0.25, 0.3) is 0 Å². The molecular weight excluding hydrogens is 256 g/mol. The number of nitrogens with one attached hydrogen (secondary N) is 1. The van der Waals surface area contributed by atoms with Crippen molar-refractivity contribution in [2.24, 2.45) is 0 Å². The van der Waals surface area contributed by atoms with E-state index in [2.05, 4.69) is 12.2 Å². The lowest BCUT2D eigenvalue weighted by molar-refractivity contribution is 0.0941. The SMILES string of the molecule is CCCOCCCNC(=O)c1ccc(OCC)c(N)c1. The van der Waals surface area contributed by atoms with E-state index in [1.807, 2.05) is 6.92 Å². The number of hydrogen-bond acceptors (Lipinski definition) is 4. The molecule has 1 rings (SSSR count). The van der Waals surface area contributed by atoms with Gasteiger partial charge in [0, 0.05) is 25.3 Å². The highest BCUT2D eigenvalue weighted by Gasteiger charge is 2.08. The Morgan fingerprint density at radius 3 is 2.75 bits per heavy atom. The van der Waals surface area contributed by atoms with Gasteiger partial charge in [-0.05, 0) is 38.0 Å². The third kappa shape index (κ3) is 5.48. The molecule has 0 spiro atoms. The minimum Gasteiger partial charge on any atom is -0.492 e. The summed E-state index contributed by atoms with van der Waals surface area (Å²) in [4.78, 5) is 11.9. The Morgan fingerprint density at radius 1 is 1.30 bits per heavy atom. The van der Waals surface area contributed by atoms with Crippen molar-refractivity contribution in [1.82, 2.24) is 5.32 Å². The summed E-state index contributed by atoms with van der Waals surface area (Å²) in [5, 5.41) is 2.84. The van der Waals surface area contributed by atoms with Gasteiger partial charge < -0.3 is 20.5 Å². The van der Waals surface area contributed by atoms with Gasteiger partial charge in [-0.1, -0.05) is 6.92 Å². The molecule has 0 fully saturated rings. The van der Waals surface area contributed by atoms with E-state index in [9.17, 15) is 4.79 Å². The topological polar surface area (TPSA) is 73.6 Å². The number of ether oxygens (including phenoxy) is 2. The van der Waals surface area contributed by atoms with E-state index in [-0.39, 0.29) is 5.91 Å². The fourth-order valence-electron chi connectivity index (χ4n) is 1.70. The van der Waals surface area contributed by atoms with E-state index >= 15 is 0 Å². The molecule has 0 aliphatic carbocycles. The molecular formula is C15H24N2O3. The molecule has 1 aromatic carbocycles. The van der Waals surface area contributed by atoms with E-state index in [0.717, 1.165) is 19.4 Å². The number of benzene rings is 1. The van der Waals surface area contributed by atoms with E-state index < -0.39 is 0 Å². The highest BCUT2D eigenvalue weighted by Crippen LogP contribution is 2.22. The Labute approximate surface area is 120 Å². The van der Waals surface area contributed by atoms with E-state index in [1.54, 1.807) is 18.2 Å². The normalized spacial score (nSPS) is 10.3. The molecule has 1 aromatic rings. The standard InChI is InChI=1S/C15H24N2O3/c1-3-9-19-10-5-8-17-15(18)12-6-7-14(20-4-2)13(16)11-12/h6-7,11H,3-5,8-10,16H2,1-2H3,(H,17,18). The molecule has 5 heteroatoms. The second kappa shape index (κ2) is 9.20. The molecule has 20 heavy (non-hydrogen) atoms. The summed E-state index contributed by atoms with van der Waals surface area (Å²) in [7, 11) is 0. The lowest BCUT2D eigenvalue weighted by Gasteiger charge is -2.09. The van der Waals surface area contributed by atoms with Crippen molar-refractivity contribution in [3.63, 3.8) is 0 Å². The lowest BCUT2D eigenvalue weighted by Crippen LogP contribution is -2.25. The summed E-state index contributed by atoms with van der Waals surface area (Å²) in [6, 6.07) is 5.07. The number of rotatable bonds is 9. The number of amides is 1. The summed E-state index contributed by atoms with van der Waals surface area (Å²) in [6.07, 6.45) is 1.82. The van der Waals surface area contributed by atoms with Gasteiger partial charge in [0.2, 0.25) is 0 Å². The van der Waals surface area contributed by atoms with E-state index in [4.69, 9.17) is 15.2 Å². The fourth-order valence-corrected chi connectivity index (χ4v) is 1.70. The van der Waals surface area contributed by atoms with Crippen LogP contribution in [-0.4, -0.2) is 32.3 Å². The molecule has 0 radical (unpaired) electrons. The summed E-state index contributed by atoms with van der Waals surface area (Å²) in [5.41, 5.74) is 6.85. The van der Waals surface area contributed by atoms with Crippen LogP contribution in [0.3, 0.4) is 0 Å². The lowest BCUT2D eigenvalue weighted by atomic mass is 10.1. The van der Waals surface area contributed by atoms with Gasteiger partial charge >= 0.3 is 0 Å². The van der Waals surface area contributed by atoms with Crippen LogP contribution in [0, 0.1) is 0 Å². The molecule has 0 atom stereocenters. The Hall–Kier alpha value is -1.75. The van der Waals surface area contributed by atoms with Gasteiger partial charge in [-0.3, -0.25) is 4.79 Å². The molecule has 112 valence electrons. The van der Waals surface area contributed by atoms with Crippen molar-refractivity contribution < 1.29 is 14.3 Å². The third-order valence-electron chi connectivity index (χ3n) is 2.67. The summed E-state index contributed by atoms with van der Waals surface area (Å²) in [6.45, 7) is 6.53. The predicted molar refractivity (Wildman–Crippen MR) is 80.1 cm³/mol. The number of carbonyl (C=O) groups excluding carboxylic acids is 1. The Kier molecular flexibility index (Phi) is 7.50. The molecule has 0 aliphatic heterocycles. The van der Waals surface area contributed by atoms with Gasteiger partial charge in [0.05, 0.1) is 12.3 Å². The van der Waals surface area contributed by atoms with Crippen molar-refractivity contribution in [3.8, 4) is 5.75 Å². The maximum atomic E-state index is 11.9. The molecule has 0 bridgehead atoms. The van der Waals surface area contributed by atoms with Gasteiger partial charge in [-0.25, -0.2) is 0 Å². The number of nitrogens with two attached hydrogens (primary N) is 1. The maximum absolute atomic E-state index is 11.9. The van der Waals surface area contributed by atoms with Crippen molar-refractivity contribution in [2.45, 2.75) is 26.7 Å². The van der Waals surface area contributed by atoms with Crippen LogP contribution in [0.5, 0.6) is 5.75 Å². The second-order valence-electron chi connectivity index (χ2n) is 4.41. The molecule has 0 unspecified atom stereocenters. The zero-order chi connectivity index (χ0) is 14.8. The smallest absolute Gasteiger partial charge is 0.251 e. The van der Waals surface area contributed by atoms with Crippen molar-refractivity contribution in [2.75, 3.05) is 32.1 Å². The minimum atomic E-state index is -0.129.